The van der Waals surface area contributed by atoms with Crippen molar-refractivity contribution in [2.24, 2.45) is 0 Å². The van der Waals surface area contributed by atoms with Gasteiger partial charge in [-0.1, -0.05) is 205 Å². The average Bonchev–Trinajstić information content (AvgIpc) is 3.96. The highest BCUT2D eigenvalue weighted by molar-refractivity contribution is 7.17. The largest absolute Gasteiger partial charge is 0.148 e. The van der Waals surface area contributed by atoms with Crippen molar-refractivity contribution >= 4 is 11.3 Å². The molecule has 0 amide bonds. The second-order valence-corrected chi connectivity index (χ2v) is 15.8. The molecule has 0 aliphatic heterocycles. The van der Waals surface area contributed by atoms with Crippen molar-refractivity contribution in [3.8, 4) is 54.5 Å². The van der Waals surface area contributed by atoms with Crippen molar-refractivity contribution in [3.63, 3.8) is 0 Å². The lowest BCUT2D eigenvalue weighted by atomic mass is 9.52. The first-order valence-corrected chi connectivity index (χ1v) is 19.7. The van der Waals surface area contributed by atoms with E-state index < -0.39 is 10.8 Å². The molecule has 0 radical (unpaired) electrons. The summed E-state index contributed by atoms with van der Waals surface area (Å²) in [6.45, 7) is 0. The topological polar surface area (TPSA) is 25.8 Å². The van der Waals surface area contributed by atoms with Crippen molar-refractivity contribution < 1.29 is 0 Å². The Bertz CT molecular complexity index is 2980. The van der Waals surface area contributed by atoms with Crippen LogP contribution in [0.3, 0.4) is 0 Å². The minimum atomic E-state index is -0.509. The molecule has 1 unspecified atom stereocenters. The first-order chi connectivity index (χ1) is 27.3. The summed E-state index contributed by atoms with van der Waals surface area (Å²) in [5.41, 5.74) is 19.7. The smallest absolute Gasteiger partial charge is 0.138 e. The van der Waals surface area contributed by atoms with Gasteiger partial charge in [-0.2, -0.15) is 0 Å². The van der Waals surface area contributed by atoms with E-state index in [9.17, 15) is 0 Å². The molecule has 1 heterocycles. The van der Waals surface area contributed by atoms with Crippen LogP contribution >= 0.6 is 11.3 Å². The number of nitrogens with zero attached hydrogens (tertiary/aromatic N) is 2. The van der Waals surface area contributed by atoms with Crippen molar-refractivity contribution in [1.29, 1.82) is 0 Å². The fourth-order valence-electron chi connectivity index (χ4n) is 10.4. The van der Waals surface area contributed by atoms with Crippen LogP contribution in [0.15, 0.2) is 194 Å². The van der Waals surface area contributed by atoms with Crippen LogP contribution in [-0.2, 0) is 10.8 Å². The molecule has 0 saturated carbocycles. The molecule has 12 rings (SSSR count). The van der Waals surface area contributed by atoms with Crippen LogP contribution in [-0.4, -0.2) is 10.2 Å². The molecule has 3 aliphatic rings. The second-order valence-electron chi connectivity index (χ2n) is 14.8. The van der Waals surface area contributed by atoms with Gasteiger partial charge in [0.2, 0.25) is 0 Å². The standard InChI is InChI=1S/C52H32N2S/c1-3-15-34(16-4-1)49-53-54-50(55-49)35-31-29-33(30-32-35)37-21-13-27-45-47(37)40-20-8-10-24-42(40)52(45)44-26-12-11-25-43(44)51(36-17-5-2-6-18-36)41-23-9-7-19-38(41)39-22-14-28-46(52)48(39)51/h1-32H/t51?,52-/m0/s1. The van der Waals surface area contributed by atoms with Crippen LogP contribution < -0.4 is 0 Å². The summed E-state index contributed by atoms with van der Waals surface area (Å²) in [6, 6.07) is 72.0. The first-order valence-electron chi connectivity index (χ1n) is 18.9. The lowest BCUT2D eigenvalue weighted by Gasteiger charge is -2.48. The monoisotopic (exact) mass is 716 g/mol. The van der Waals surface area contributed by atoms with Gasteiger partial charge in [0.05, 0.1) is 10.8 Å². The van der Waals surface area contributed by atoms with E-state index in [1.54, 1.807) is 11.3 Å². The molecule has 0 N–H and O–H groups in total. The Labute approximate surface area is 324 Å². The van der Waals surface area contributed by atoms with E-state index in [1.165, 1.54) is 77.9 Å². The molecule has 8 aromatic carbocycles. The molecule has 0 bridgehead atoms. The number of hydrogen-bond donors (Lipinski definition) is 0. The van der Waals surface area contributed by atoms with Crippen molar-refractivity contribution in [2.45, 2.75) is 10.8 Å². The number of fused-ring (bicyclic) bond motifs is 12. The van der Waals surface area contributed by atoms with E-state index in [2.05, 4.69) is 186 Å². The Morgan fingerprint density at radius 1 is 0.309 bits per heavy atom. The summed E-state index contributed by atoms with van der Waals surface area (Å²) in [6.07, 6.45) is 0. The van der Waals surface area contributed by atoms with Crippen LogP contribution in [0.25, 0.3) is 54.5 Å². The van der Waals surface area contributed by atoms with Gasteiger partial charge in [-0.25, -0.2) is 0 Å². The van der Waals surface area contributed by atoms with E-state index >= 15 is 0 Å². The third-order valence-electron chi connectivity index (χ3n) is 12.4. The Kier molecular flexibility index (Phi) is 6.38. The molecule has 0 saturated heterocycles. The van der Waals surface area contributed by atoms with Crippen LogP contribution in [0.2, 0.25) is 0 Å². The summed E-state index contributed by atoms with van der Waals surface area (Å²) in [7, 11) is 0. The lowest BCUT2D eigenvalue weighted by Crippen LogP contribution is -2.43. The predicted octanol–water partition coefficient (Wildman–Crippen LogP) is 12.6. The normalized spacial score (nSPS) is 18.0. The SMILES string of the molecule is c1ccc(-c2nnc(-c3ccc(-c4cccc5c4-c4ccccc4[C@]54c5ccccc5C5(c6ccccc6)c6ccccc6-c6cccc4c65)cc3)s2)cc1. The van der Waals surface area contributed by atoms with Crippen molar-refractivity contribution in [2.75, 3.05) is 0 Å². The summed E-state index contributed by atoms with van der Waals surface area (Å²) in [4.78, 5) is 0. The van der Waals surface area contributed by atoms with Crippen molar-refractivity contribution in [1.82, 2.24) is 10.2 Å². The minimum absolute atomic E-state index is 0.443. The van der Waals surface area contributed by atoms with Crippen LogP contribution in [0, 0.1) is 0 Å². The second kappa shape index (κ2) is 11.4. The molecule has 1 spiro atoms. The quantitative estimate of drug-likeness (QED) is 0.181. The molecule has 55 heavy (non-hydrogen) atoms. The van der Waals surface area contributed by atoms with Gasteiger partial charge in [0.1, 0.15) is 10.0 Å². The zero-order valence-corrected chi connectivity index (χ0v) is 30.6. The van der Waals surface area contributed by atoms with Gasteiger partial charge in [0.15, 0.2) is 0 Å². The zero-order valence-electron chi connectivity index (χ0n) is 29.8. The van der Waals surface area contributed by atoms with Gasteiger partial charge in [-0.15, -0.1) is 10.2 Å². The van der Waals surface area contributed by atoms with E-state index in [4.69, 9.17) is 0 Å². The molecule has 0 fully saturated rings. The summed E-state index contributed by atoms with van der Waals surface area (Å²) in [5.74, 6) is 0. The molecule has 3 aliphatic carbocycles. The van der Waals surface area contributed by atoms with Gasteiger partial charge in [0.25, 0.3) is 0 Å². The summed E-state index contributed by atoms with van der Waals surface area (Å²) < 4.78 is 0. The summed E-state index contributed by atoms with van der Waals surface area (Å²) >= 11 is 1.63. The highest BCUT2D eigenvalue weighted by Gasteiger charge is 2.59. The van der Waals surface area contributed by atoms with Crippen LogP contribution in [0.4, 0.5) is 0 Å². The molecule has 2 nitrogen and oxygen atoms in total. The lowest BCUT2D eigenvalue weighted by molar-refractivity contribution is 0.636. The fourth-order valence-corrected chi connectivity index (χ4v) is 11.2. The number of hydrogen-bond acceptors (Lipinski definition) is 3. The van der Waals surface area contributed by atoms with Gasteiger partial charge in [0, 0.05) is 11.1 Å². The van der Waals surface area contributed by atoms with Crippen molar-refractivity contribution in [3.05, 3.63) is 239 Å². The number of rotatable bonds is 4. The minimum Gasteiger partial charge on any atom is -0.138 e. The van der Waals surface area contributed by atoms with E-state index in [-0.39, 0.29) is 0 Å². The van der Waals surface area contributed by atoms with E-state index in [1.807, 2.05) is 18.2 Å². The van der Waals surface area contributed by atoms with Gasteiger partial charge in [-0.05, 0) is 77.9 Å². The number of benzene rings is 8. The van der Waals surface area contributed by atoms with Crippen LogP contribution in [0.1, 0.15) is 44.5 Å². The third kappa shape index (κ3) is 3.93. The van der Waals surface area contributed by atoms with E-state index in [0.717, 1.165) is 21.1 Å². The average molecular weight is 717 g/mol. The molecule has 256 valence electrons. The van der Waals surface area contributed by atoms with E-state index in [0.29, 0.717) is 0 Å². The Balaban J connectivity index is 1.11. The molecule has 3 heteroatoms. The summed E-state index contributed by atoms with van der Waals surface area (Å²) in [5, 5.41) is 11.0. The van der Waals surface area contributed by atoms with Gasteiger partial charge < -0.3 is 0 Å². The number of aromatic nitrogens is 2. The molecule has 9 aromatic rings. The maximum atomic E-state index is 4.58. The highest BCUT2D eigenvalue weighted by Crippen LogP contribution is 2.69. The Morgan fingerprint density at radius 3 is 1.49 bits per heavy atom. The third-order valence-corrected chi connectivity index (χ3v) is 13.4. The molecule has 2 atom stereocenters. The zero-order chi connectivity index (χ0) is 36.1. The fraction of sp³-hybridized carbons (Fsp3) is 0.0385. The maximum Gasteiger partial charge on any atom is 0.148 e. The Morgan fingerprint density at radius 2 is 0.782 bits per heavy atom. The van der Waals surface area contributed by atoms with Gasteiger partial charge >= 0.3 is 0 Å². The highest BCUT2D eigenvalue weighted by atomic mass is 32.1. The van der Waals surface area contributed by atoms with Gasteiger partial charge in [-0.3, -0.25) is 0 Å². The molecule has 1 aromatic heterocycles. The Hall–Kier alpha value is -6.68. The predicted molar refractivity (Wildman–Crippen MR) is 224 cm³/mol. The molecular weight excluding hydrogens is 685 g/mol. The first kappa shape index (κ1) is 30.7. The van der Waals surface area contributed by atoms with Crippen LogP contribution in [0.5, 0.6) is 0 Å². The molecular formula is C52H32N2S. The maximum absolute atomic E-state index is 4.58.